The number of aryl methyl sites for hydroxylation is 3. The maximum Gasteiger partial charge on any atom is 0.0585 e. The average molecular weight is 821 g/mol. The second kappa shape index (κ2) is 19.8. The monoisotopic (exact) mass is 818 g/mol. The molecular weight excluding hydrogens is 764 g/mol. The van der Waals surface area contributed by atoms with E-state index in [1.807, 2.05) is 27.7 Å². The molecule has 0 N–H and O–H groups in total. The van der Waals surface area contributed by atoms with Crippen LogP contribution < -0.4 is 9.80 Å². The summed E-state index contributed by atoms with van der Waals surface area (Å²) in [6.07, 6.45) is 10.5. The molecule has 0 aromatic heterocycles. The number of nitrogens with zero attached hydrogens (tertiary/aromatic N) is 2. The van der Waals surface area contributed by atoms with Gasteiger partial charge in [0.1, 0.15) is 0 Å². The molecule has 5 aromatic rings. The minimum Gasteiger partial charge on any atom is -0.334 e. The summed E-state index contributed by atoms with van der Waals surface area (Å²) in [5, 5.41) is 0. The molecule has 1 aliphatic carbocycles. The Labute approximate surface area is 331 Å². The third-order valence-corrected chi connectivity index (χ3v) is 10.4. The number of halogens is 2. The molecule has 0 amide bonds. The van der Waals surface area contributed by atoms with Crippen molar-refractivity contribution in [3.63, 3.8) is 0 Å². The van der Waals surface area contributed by atoms with Crippen LogP contribution in [0.15, 0.2) is 142 Å². The summed E-state index contributed by atoms with van der Waals surface area (Å²) in [6, 6.07) is 40.3. The molecule has 52 heavy (non-hydrogen) atoms. The summed E-state index contributed by atoms with van der Waals surface area (Å²) in [7, 11) is 0. The van der Waals surface area contributed by atoms with Gasteiger partial charge in [-0.2, -0.15) is 0 Å². The van der Waals surface area contributed by atoms with E-state index in [1.165, 1.54) is 63.3 Å². The zero-order valence-electron chi connectivity index (χ0n) is 32.6. The maximum atomic E-state index is 3.63. The number of hydrogen-bond acceptors (Lipinski definition) is 2. The van der Waals surface area contributed by atoms with E-state index in [9.17, 15) is 0 Å². The van der Waals surface area contributed by atoms with Crippen LogP contribution in [-0.4, -0.2) is 6.04 Å². The molecule has 0 heterocycles. The van der Waals surface area contributed by atoms with Gasteiger partial charge in [0, 0.05) is 31.7 Å². The molecule has 0 spiro atoms. The first-order chi connectivity index (χ1) is 25.2. The van der Waals surface area contributed by atoms with E-state index in [1.54, 1.807) is 0 Å². The molecule has 272 valence electrons. The highest BCUT2D eigenvalue weighted by atomic mass is 79.9. The fourth-order valence-corrected chi connectivity index (χ4v) is 7.48. The van der Waals surface area contributed by atoms with Gasteiger partial charge in [-0.1, -0.05) is 140 Å². The molecule has 2 nitrogen and oxygen atoms in total. The first-order valence-corrected chi connectivity index (χ1v) is 20.6. The van der Waals surface area contributed by atoms with Crippen LogP contribution in [0.5, 0.6) is 0 Å². The van der Waals surface area contributed by atoms with Crippen LogP contribution in [0.1, 0.15) is 78.0 Å². The van der Waals surface area contributed by atoms with Gasteiger partial charge in [-0.05, 0) is 140 Å². The van der Waals surface area contributed by atoms with Crippen LogP contribution in [0.3, 0.4) is 0 Å². The summed E-state index contributed by atoms with van der Waals surface area (Å²) >= 11 is 7.25. The number of rotatable bonds is 10. The number of unbranched alkanes of at least 4 members (excludes halogenated alkanes) is 1. The Balaban J connectivity index is 0.00000146. The van der Waals surface area contributed by atoms with Crippen molar-refractivity contribution in [2.75, 3.05) is 9.80 Å². The molecule has 0 radical (unpaired) electrons. The van der Waals surface area contributed by atoms with Crippen LogP contribution in [0.4, 0.5) is 28.4 Å². The minimum atomic E-state index is 0.234. The summed E-state index contributed by atoms with van der Waals surface area (Å²) in [6.45, 7) is 19.2. The van der Waals surface area contributed by atoms with Crippen LogP contribution >= 0.6 is 31.9 Å². The summed E-state index contributed by atoms with van der Waals surface area (Å²) < 4.78 is 2.16. The molecule has 0 aliphatic heterocycles. The van der Waals surface area contributed by atoms with Gasteiger partial charge in [0.25, 0.3) is 0 Å². The second-order valence-corrected chi connectivity index (χ2v) is 14.9. The van der Waals surface area contributed by atoms with E-state index in [4.69, 9.17) is 0 Å². The van der Waals surface area contributed by atoms with Gasteiger partial charge in [-0.3, -0.25) is 0 Å². The zero-order chi connectivity index (χ0) is 37.8. The highest BCUT2D eigenvalue weighted by Crippen LogP contribution is 2.41. The summed E-state index contributed by atoms with van der Waals surface area (Å²) in [5.41, 5.74) is 13.6. The second-order valence-electron chi connectivity index (χ2n) is 13.1. The van der Waals surface area contributed by atoms with Crippen LogP contribution in [0.25, 0.3) is 11.1 Å². The van der Waals surface area contributed by atoms with Gasteiger partial charge in [0.05, 0.1) is 11.7 Å². The van der Waals surface area contributed by atoms with Crippen molar-refractivity contribution in [2.45, 2.75) is 87.6 Å². The minimum absolute atomic E-state index is 0.234. The van der Waals surface area contributed by atoms with Crippen LogP contribution in [-0.2, 0) is 6.42 Å². The predicted molar refractivity (Wildman–Crippen MR) is 237 cm³/mol. The lowest BCUT2D eigenvalue weighted by Crippen LogP contribution is -2.35. The van der Waals surface area contributed by atoms with Gasteiger partial charge in [0.2, 0.25) is 0 Å². The highest BCUT2D eigenvalue weighted by molar-refractivity contribution is 9.10. The van der Waals surface area contributed by atoms with Gasteiger partial charge in [-0.15, -0.1) is 0 Å². The zero-order valence-corrected chi connectivity index (χ0v) is 35.7. The lowest BCUT2D eigenvalue weighted by molar-refractivity contribution is 0.605. The van der Waals surface area contributed by atoms with E-state index in [0.29, 0.717) is 5.92 Å². The van der Waals surface area contributed by atoms with Crippen molar-refractivity contribution in [2.24, 2.45) is 5.92 Å². The highest BCUT2D eigenvalue weighted by Gasteiger charge is 2.25. The molecule has 6 rings (SSSR count). The van der Waals surface area contributed by atoms with E-state index >= 15 is 0 Å². The van der Waals surface area contributed by atoms with Crippen molar-refractivity contribution in [3.05, 3.63) is 159 Å². The van der Waals surface area contributed by atoms with Crippen molar-refractivity contribution in [1.29, 1.82) is 0 Å². The maximum absolute atomic E-state index is 3.63. The lowest BCUT2D eigenvalue weighted by atomic mass is 9.91. The fourth-order valence-electron chi connectivity index (χ4n) is 6.95. The standard InChI is InChI=1S/C44H44Br2N2.2C2H6/c1-6-7-8-34-28-32(4)44(33(5)29-34)48(42-24-16-38(46)17-25-42)41-20-12-36(13-21-41)35-10-18-39(19-11-35)47(40-22-14-37(45)15-23-40)43-26-9-30(2)27-31(43)3;2*1-2/h9-29,31,43H,6-8H2,1-5H3;2*1-2H3. The van der Waals surface area contributed by atoms with Crippen molar-refractivity contribution >= 4 is 60.3 Å². The van der Waals surface area contributed by atoms with Crippen molar-refractivity contribution in [3.8, 4) is 11.1 Å². The Morgan fingerprint density at radius 3 is 1.46 bits per heavy atom. The van der Waals surface area contributed by atoms with E-state index in [-0.39, 0.29) is 6.04 Å². The Kier molecular flexibility index (Phi) is 15.6. The van der Waals surface area contributed by atoms with E-state index in [2.05, 4.69) is 204 Å². The van der Waals surface area contributed by atoms with Gasteiger partial charge < -0.3 is 9.80 Å². The number of hydrogen-bond donors (Lipinski definition) is 0. The lowest BCUT2D eigenvalue weighted by Gasteiger charge is -2.36. The van der Waals surface area contributed by atoms with Gasteiger partial charge >= 0.3 is 0 Å². The molecule has 5 aromatic carbocycles. The Morgan fingerprint density at radius 1 is 0.596 bits per heavy atom. The molecule has 2 unspecified atom stereocenters. The SMILES string of the molecule is CC.CC.CCCCc1cc(C)c(N(c2ccc(Br)cc2)c2ccc(-c3ccc(N(c4ccc(Br)cc4)C4C=CC(C)=CC4C)cc3)cc2)c(C)c1. The topological polar surface area (TPSA) is 6.48 Å². The molecule has 0 fully saturated rings. The molecule has 0 bridgehead atoms. The molecule has 0 saturated heterocycles. The van der Waals surface area contributed by atoms with Crippen LogP contribution in [0.2, 0.25) is 0 Å². The first-order valence-electron chi connectivity index (χ1n) is 19.0. The predicted octanol–water partition coefficient (Wildman–Crippen LogP) is 16.0. The summed E-state index contributed by atoms with van der Waals surface area (Å²) in [4.78, 5) is 4.86. The largest absolute Gasteiger partial charge is 0.334 e. The third-order valence-electron chi connectivity index (χ3n) is 9.31. The van der Waals surface area contributed by atoms with E-state index < -0.39 is 0 Å². The Morgan fingerprint density at radius 2 is 1.02 bits per heavy atom. The normalized spacial score (nSPS) is 14.7. The average Bonchev–Trinajstić information content (AvgIpc) is 3.16. The molecule has 0 saturated carbocycles. The van der Waals surface area contributed by atoms with Crippen molar-refractivity contribution in [1.82, 2.24) is 0 Å². The van der Waals surface area contributed by atoms with E-state index in [0.717, 1.165) is 26.7 Å². The quantitative estimate of drug-likeness (QED) is 0.138. The number of allylic oxidation sites excluding steroid dienone is 2. The third kappa shape index (κ3) is 9.96. The molecular formula is C48H56Br2N2. The van der Waals surface area contributed by atoms with Crippen LogP contribution in [0, 0.1) is 19.8 Å². The van der Waals surface area contributed by atoms with Gasteiger partial charge in [0.15, 0.2) is 0 Å². The molecule has 4 heteroatoms. The number of anilines is 5. The first kappa shape index (κ1) is 40.9. The fraction of sp³-hybridized carbons (Fsp3) is 0.292. The molecule has 2 atom stereocenters. The summed E-state index contributed by atoms with van der Waals surface area (Å²) in [5.74, 6) is 0.388. The van der Waals surface area contributed by atoms with Crippen molar-refractivity contribution < 1.29 is 0 Å². The molecule has 1 aliphatic rings. The Bertz CT molecular complexity index is 1880. The smallest absolute Gasteiger partial charge is 0.0585 e. The number of benzene rings is 5. The van der Waals surface area contributed by atoms with Gasteiger partial charge in [-0.25, -0.2) is 0 Å². The Hall–Kier alpha value is -3.86.